The van der Waals surface area contributed by atoms with Crippen molar-refractivity contribution in [3.8, 4) is 0 Å². The van der Waals surface area contributed by atoms with Crippen molar-refractivity contribution < 1.29 is 13.9 Å². The molecule has 0 bridgehead atoms. The molecule has 0 N–H and O–H groups in total. The molecular formula is C16H21FO2. The highest BCUT2D eigenvalue weighted by Gasteiger charge is 2.30. The largest absolute Gasteiger partial charge is 0.466 e. The SMILES string of the molecule is CCOC(=O)CC1CCC(c2c(C)cccc2F)C1. The maximum absolute atomic E-state index is 13.9. The molecule has 2 nitrogen and oxygen atoms in total. The number of hydrogen-bond donors (Lipinski definition) is 0. The van der Waals surface area contributed by atoms with Gasteiger partial charge in [-0.25, -0.2) is 4.39 Å². The zero-order valence-corrected chi connectivity index (χ0v) is 11.6. The van der Waals surface area contributed by atoms with Gasteiger partial charge in [0.25, 0.3) is 0 Å². The van der Waals surface area contributed by atoms with Gasteiger partial charge in [-0.1, -0.05) is 12.1 Å². The molecule has 19 heavy (non-hydrogen) atoms. The normalized spacial score (nSPS) is 22.5. The van der Waals surface area contributed by atoms with Crippen LogP contribution in [0.15, 0.2) is 18.2 Å². The van der Waals surface area contributed by atoms with Crippen molar-refractivity contribution in [3.05, 3.63) is 35.1 Å². The summed E-state index contributed by atoms with van der Waals surface area (Å²) in [5.41, 5.74) is 1.86. The van der Waals surface area contributed by atoms with Crippen LogP contribution >= 0.6 is 0 Å². The average molecular weight is 264 g/mol. The number of esters is 1. The van der Waals surface area contributed by atoms with Crippen molar-refractivity contribution in [2.75, 3.05) is 6.61 Å². The number of hydrogen-bond acceptors (Lipinski definition) is 2. The van der Waals surface area contributed by atoms with E-state index in [0.717, 1.165) is 30.4 Å². The topological polar surface area (TPSA) is 26.3 Å². The lowest BCUT2D eigenvalue weighted by Gasteiger charge is -2.15. The first kappa shape index (κ1) is 14.0. The number of ether oxygens (including phenoxy) is 1. The second-order valence-corrected chi connectivity index (χ2v) is 5.36. The summed E-state index contributed by atoms with van der Waals surface area (Å²) in [6, 6.07) is 5.23. The van der Waals surface area contributed by atoms with E-state index in [1.807, 2.05) is 19.9 Å². The number of carbonyl (C=O) groups is 1. The van der Waals surface area contributed by atoms with Crippen LogP contribution in [-0.2, 0) is 9.53 Å². The van der Waals surface area contributed by atoms with Crippen molar-refractivity contribution in [2.45, 2.75) is 45.4 Å². The molecule has 1 aliphatic carbocycles. The maximum Gasteiger partial charge on any atom is 0.306 e. The second kappa shape index (κ2) is 6.18. The summed E-state index contributed by atoms with van der Waals surface area (Å²) in [5, 5.41) is 0. The van der Waals surface area contributed by atoms with E-state index < -0.39 is 0 Å². The third kappa shape index (κ3) is 3.34. The van der Waals surface area contributed by atoms with Crippen molar-refractivity contribution in [2.24, 2.45) is 5.92 Å². The molecule has 2 rings (SSSR count). The van der Waals surface area contributed by atoms with E-state index >= 15 is 0 Å². The van der Waals surface area contributed by atoms with Crippen LogP contribution in [0.2, 0.25) is 0 Å². The molecule has 0 aromatic heterocycles. The van der Waals surface area contributed by atoms with E-state index in [-0.39, 0.29) is 17.7 Å². The van der Waals surface area contributed by atoms with Gasteiger partial charge in [0, 0.05) is 6.42 Å². The van der Waals surface area contributed by atoms with E-state index in [2.05, 4.69) is 0 Å². The molecule has 0 heterocycles. The number of carbonyl (C=O) groups excluding carboxylic acids is 1. The Bertz CT molecular complexity index is 436. The van der Waals surface area contributed by atoms with Crippen LogP contribution < -0.4 is 0 Å². The lowest BCUT2D eigenvalue weighted by Crippen LogP contribution is -2.09. The van der Waals surface area contributed by atoms with Gasteiger partial charge >= 0.3 is 5.97 Å². The molecule has 1 aromatic carbocycles. The van der Waals surface area contributed by atoms with Crippen LogP contribution in [0.3, 0.4) is 0 Å². The number of rotatable bonds is 4. The molecule has 104 valence electrons. The Hall–Kier alpha value is -1.38. The summed E-state index contributed by atoms with van der Waals surface area (Å²) >= 11 is 0. The molecular weight excluding hydrogens is 243 g/mol. The zero-order chi connectivity index (χ0) is 13.8. The van der Waals surface area contributed by atoms with Gasteiger partial charge in [0.05, 0.1) is 6.61 Å². The lowest BCUT2D eigenvalue weighted by molar-refractivity contribution is -0.144. The van der Waals surface area contributed by atoms with Crippen LogP contribution in [0.4, 0.5) is 4.39 Å². The van der Waals surface area contributed by atoms with Crippen molar-refractivity contribution in [1.82, 2.24) is 0 Å². The molecule has 2 atom stereocenters. The standard InChI is InChI=1S/C16H21FO2/c1-3-19-15(18)10-12-7-8-13(9-12)16-11(2)5-4-6-14(16)17/h4-6,12-13H,3,7-10H2,1-2H3. The fourth-order valence-corrected chi connectivity index (χ4v) is 3.14. The van der Waals surface area contributed by atoms with Crippen LogP contribution in [0.25, 0.3) is 0 Å². The van der Waals surface area contributed by atoms with Crippen LogP contribution in [-0.4, -0.2) is 12.6 Å². The fraction of sp³-hybridized carbons (Fsp3) is 0.562. The predicted octanol–water partition coefficient (Wildman–Crippen LogP) is 3.97. The lowest BCUT2D eigenvalue weighted by atomic mass is 9.91. The van der Waals surface area contributed by atoms with Crippen LogP contribution in [0.1, 0.15) is 49.7 Å². The molecule has 0 saturated heterocycles. The Balaban J connectivity index is 2.00. The Morgan fingerprint density at radius 2 is 2.21 bits per heavy atom. The van der Waals surface area contributed by atoms with Gasteiger partial charge in [-0.3, -0.25) is 4.79 Å². The zero-order valence-electron chi connectivity index (χ0n) is 11.6. The molecule has 3 heteroatoms. The van der Waals surface area contributed by atoms with E-state index in [0.29, 0.717) is 18.9 Å². The summed E-state index contributed by atoms with van der Waals surface area (Å²) in [7, 11) is 0. The van der Waals surface area contributed by atoms with E-state index in [9.17, 15) is 9.18 Å². The molecule has 0 spiro atoms. The predicted molar refractivity (Wildman–Crippen MR) is 72.5 cm³/mol. The van der Waals surface area contributed by atoms with Crippen molar-refractivity contribution in [3.63, 3.8) is 0 Å². The van der Waals surface area contributed by atoms with Crippen molar-refractivity contribution in [1.29, 1.82) is 0 Å². The minimum absolute atomic E-state index is 0.109. The Morgan fingerprint density at radius 3 is 2.89 bits per heavy atom. The molecule has 0 aliphatic heterocycles. The Morgan fingerprint density at radius 1 is 1.42 bits per heavy atom. The van der Waals surface area contributed by atoms with E-state index in [4.69, 9.17) is 4.74 Å². The van der Waals surface area contributed by atoms with Gasteiger partial charge in [0.1, 0.15) is 5.82 Å². The molecule has 0 amide bonds. The van der Waals surface area contributed by atoms with Gasteiger partial charge < -0.3 is 4.74 Å². The van der Waals surface area contributed by atoms with Gasteiger partial charge in [-0.15, -0.1) is 0 Å². The average Bonchev–Trinajstić information content (AvgIpc) is 2.77. The number of aryl methyl sites for hydroxylation is 1. The first-order valence-corrected chi connectivity index (χ1v) is 7.02. The molecule has 0 radical (unpaired) electrons. The summed E-state index contributed by atoms with van der Waals surface area (Å²) in [5.74, 6) is 0.351. The molecule has 1 aliphatic rings. The number of benzene rings is 1. The van der Waals surface area contributed by atoms with Gasteiger partial charge in [0.2, 0.25) is 0 Å². The number of halogens is 1. The Kier molecular flexibility index (Phi) is 4.56. The highest BCUT2D eigenvalue weighted by molar-refractivity contribution is 5.69. The minimum atomic E-state index is -0.126. The first-order valence-electron chi connectivity index (χ1n) is 7.02. The smallest absolute Gasteiger partial charge is 0.306 e. The minimum Gasteiger partial charge on any atom is -0.466 e. The highest BCUT2D eigenvalue weighted by Crippen LogP contribution is 2.41. The first-order chi connectivity index (χ1) is 9.11. The molecule has 1 saturated carbocycles. The van der Waals surface area contributed by atoms with Crippen LogP contribution in [0.5, 0.6) is 0 Å². The molecule has 1 aromatic rings. The molecule has 2 unspecified atom stereocenters. The highest BCUT2D eigenvalue weighted by atomic mass is 19.1. The summed E-state index contributed by atoms with van der Waals surface area (Å²) in [6.07, 6.45) is 3.31. The van der Waals surface area contributed by atoms with Gasteiger partial charge in [-0.05, 0) is 62.1 Å². The summed E-state index contributed by atoms with van der Waals surface area (Å²) in [4.78, 5) is 11.5. The monoisotopic (exact) mass is 264 g/mol. The Labute approximate surface area is 114 Å². The van der Waals surface area contributed by atoms with E-state index in [1.54, 1.807) is 6.07 Å². The van der Waals surface area contributed by atoms with E-state index in [1.165, 1.54) is 6.07 Å². The second-order valence-electron chi connectivity index (χ2n) is 5.36. The quantitative estimate of drug-likeness (QED) is 0.769. The molecule has 1 fully saturated rings. The van der Waals surface area contributed by atoms with Gasteiger partial charge in [0.15, 0.2) is 0 Å². The third-order valence-corrected chi connectivity index (χ3v) is 3.98. The third-order valence-electron chi connectivity index (χ3n) is 3.98. The van der Waals surface area contributed by atoms with Crippen LogP contribution in [0, 0.1) is 18.7 Å². The maximum atomic E-state index is 13.9. The summed E-state index contributed by atoms with van der Waals surface area (Å²) in [6.45, 7) is 4.20. The van der Waals surface area contributed by atoms with Gasteiger partial charge in [-0.2, -0.15) is 0 Å². The summed E-state index contributed by atoms with van der Waals surface area (Å²) < 4.78 is 18.9. The fourth-order valence-electron chi connectivity index (χ4n) is 3.14. The van der Waals surface area contributed by atoms with Crippen molar-refractivity contribution >= 4 is 5.97 Å².